The van der Waals surface area contributed by atoms with Crippen molar-refractivity contribution in [1.29, 1.82) is 0 Å². The second-order valence-corrected chi connectivity index (χ2v) is 4.89. The van der Waals surface area contributed by atoms with Gasteiger partial charge in [-0.15, -0.1) is 0 Å². The predicted molar refractivity (Wildman–Crippen MR) is 76.3 cm³/mol. The molecule has 0 radical (unpaired) electrons. The van der Waals surface area contributed by atoms with Gasteiger partial charge in [-0.3, -0.25) is 4.79 Å². The highest BCUT2D eigenvalue weighted by molar-refractivity contribution is 5.95. The molecule has 1 N–H and O–H groups in total. The van der Waals surface area contributed by atoms with Gasteiger partial charge in [0.05, 0.1) is 31.4 Å². The van der Waals surface area contributed by atoms with E-state index in [2.05, 4.69) is 11.8 Å². The van der Waals surface area contributed by atoms with Crippen molar-refractivity contribution in [2.75, 3.05) is 26.4 Å². The molecule has 1 fully saturated rings. The lowest BCUT2D eigenvalue weighted by atomic mass is 10.1. The maximum absolute atomic E-state index is 13.9. The highest BCUT2D eigenvalue weighted by Gasteiger charge is 2.26. The van der Waals surface area contributed by atoms with E-state index in [9.17, 15) is 9.18 Å². The van der Waals surface area contributed by atoms with Gasteiger partial charge >= 0.3 is 0 Å². The second kappa shape index (κ2) is 7.21. The van der Waals surface area contributed by atoms with E-state index in [4.69, 9.17) is 9.84 Å². The lowest BCUT2D eigenvalue weighted by Gasteiger charge is -2.33. The Hall–Kier alpha value is -1.90. The van der Waals surface area contributed by atoms with Crippen molar-refractivity contribution in [2.45, 2.75) is 19.4 Å². The molecule has 1 aliphatic heterocycles. The van der Waals surface area contributed by atoms with E-state index in [1.165, 1.54) is 18.2 Å². The van der Waals surface area contributed by atoms with Gasteiger partial charge in [0.15, 0.2) is 0 Å². The van der Waals surface area contributed by atoms with Crippen LogP contribution in [0.15, 0.2) is 18.2 Å². The summed E-state index contributed by atoms with van der Waals surface area (Å²) in [5.74, 6) is 4.68. The molecule has 1 unspecified atom stereocenters. The summed E-state index contributed by atoms with van der Waals surface area (Å²) in [6.07, 6.45) is 0.348. The highest BCUT2D eigenvalue weighted by Crippen LogP contribution is 2.16. The van der Waals surface area contributed by atoms with E-state index in [0.717, 1.165) is 0 Å². The van der Waals surface area contributed by atoms with E-state index < -0.39 is 5.82 Å². The Bertz CT molecular complexity index is 577. The summed E-state index contributed by atoms with van der Waals surface area (Å²) in [6.45, 7) is 3.24. The number of halogens is 1. The smallest absolute Gasteiger partial charge is 0.257 e. The van der Waals surface area contributed by atoms with Crippen LogP contribution in [0.1, 0.15) is 29.3 Å². The van der Waals surface area contributed by atoms with Crippen molar-refractivity contribution in [1.82, 2.24) is 4.90 Å². The van der Waals surface area contributed by atoms with Crippen molar-refractivity contribution in [2.24, 2.45) is 0 Å². The summed E-state index contributed by atoms with van der Waals surface area (Å²) in [6, 6.07) is 4.17. The van der Waals surface area contributed by atoms with Gasteiger partial charge < -0.3 is 14.7 Å². The van der Waals surface area contributed by atoms with Crippen LogP contribution >= 0.6 is 0 Å². The van der Waals surface area contributed by atoms with E-state index >= 15 is 0 Å². The van der Waals surface area contributed by atoms with Gasteiger partial charge in [0.25, 0.3) is 5.91 Å². The first kappa shape index (κ1) is 15.5. The number of aliphatic hydroxyl groups excluding tert-OH is 1. The summed E-state index contributed by atoms with van der Waals surface area (Å²) in [5.41, 5.74) is 0.591. The Morgan fingerprint density at radius 1 is 1.57 bits per heavy atom. The Morgan fingerprint density at radius 3 is 3.10 bits per heavy atom. The van der Waals surface area contributed by atoms with Crippen LogP contribution in [-0.2, 0) is 4.74 Å². The zero-order chi connectivity index (χ0) is 15.2. The molecule has 2 rings (SSSR count). The third-order valence-corrected chi connectivity index (χ3v) is 3.29. The number of amides is 1. The number of hydrogen-bond acceptors (Lipinski definition) is 3. The number of ether oxygens (including phenoxy) is 1. The van der Waals surface area contributed by atoms with Crippen LogP contribution in [0, 0.1) is 17.7 Å². The molecule has 0 aliphatic carbocycles. The fraction of sp³-hybridized carbons (Fsp3) is 0.438. The van der Waals surface area contributed by atoms with Crippen molar-refractivity contribution in [3.63, 3.8) is 0 Å². The van der Waals surface area contributed by atoms with E-state index in [-0.39, 0.29) is 24.1 Å². The molecule has 1 aromatic rings. The number of rotatable bonds is 2. The molecule has 0 spiro atoms. The van der Waals surface area contributed by atoms with Crippen LogP contribution in [0.2, 0.25) is 0 Å². The monoisotopic (exact) mass is 291 g/mol. The zero-order valence-corrected chi connectivity index (χ0v) is 11.9. The van der Waals surface area contributed by atoms with Crippen LogP contribution in [0.4, 0.5) is 4.39 Å². The first-order valence-electron chi connectivity index (χ1n) is 6.91. The largest absolute Gasteiger partial charge is 0.395 e. The highest BCUT2D eigenvalue weighted by atomic mass is 19.1. The van der Waals surface area contributed by atoms with Crippen LogP contribution in [0.3, 0.4) is 0 Å². The van der Waals surface area contributed by atoms with Gasteiger partial charge in [0, 0.05) is 18.5 Å². The first-order valence-corrected chi connectivity index (χ1v) is 6.91. The molecular formula is C16H18FNO3. The normalized spacial score (nSPS) is 18.0. The van der Waals surface area contributed by atoms with E-state index in [1.54, 1.807) is 4.90 Å². The second-order valence-electron chi connectivity index (χ2n) is 4.89. The average molecular weight is 291 g/mol. The molecule has 4 nitrogen and oxygen atoms in total. The van der Waals surface area contributed by atoms with Crippen molar-refractivity contribution in [3.05, 3.63) is 35.1 Å². The molecule has 112 valence electrons. The van der Waals surface area contributed by atoms with Crippen molar-refractivity contribution >= 4 is 5.91 Å². The summed E-state index contributed by atoms with van der Waals surface area (Å²) in [5, 5.41) is 8.70. The minimum absolute atomic E-state index is 0.0225. The fourth-order valence-corrected chi connectivity index (χ4v) is 2.17. The number of benzene rings is 1. The van der Waals surface area contributed by atoms with Crippen LogP contribution in [0.5, 0.6) is 0 Å². The topological polar surface area (TPSA) is 49.8 Å². The molecule has 0 bridgehead atoms. The minimum atomic E-state index is -0.550. The predicted octanol–water partition coefficient (Wildman–Crippen LogP) is 1.42. The Morgan fingerprint density at radius 2 is 2.38 bits per heavy atom. The summed E-state index contributed by atoms with van der Waals surface area (Å²) in [7, 11) is 0. The molecule has 21 heavy (non-hydrogen) atoms. The van der Waals surface area contributed by atoms with Crippen LogP contribution in [0.25, 0.3) is 0 Å². The first-order chi connectivity index (χ1) is 10.1. The Kier molecular flexibility index (Phi) is 5.32. The number of carbonyl (C=O) groups excluding carboxylic acids is 1. The fourth-order valence-electron chi connectivity index (χ4n) is 2.17. The van der Waals surface area contributed by atoms with Gasteiger partial charge in [-0.25, -0.2) is 4.39 Å². The molecule has 1 saturated heterocycles. The van der Waals surface area contributed by atoms with Gasteiger partial charge in [0.1, 0.15) is 5.82 Å². The van der Waals surface area contributed by atoms with E-state index in [1.807, 2.05) is 6.92 Å². The third-order valence-electron chi connectivity index (χ3n) is 3.29. The van der Waals surface area contributed by atoms with Crippen molar-refractivity contribution in [3.8, 4) is 11.8 Å². The maximum atomic E-state index is 13.9. The zero-order valence-electron chi connectivity index (χ0n) is 11.9. The quantitative estimate of drug-likeness (QED) is 0.838. The number of nitrogens with zero attached hydrogens (tertiary/aromatic N) is 1. The molecule has 0 aromatic heterocycles. The maximum Gasteiger partial charge on any atom is 0.257 e. The minimum Gasteiger partial charge on any atom is -0.395 e. The van der Waals surface area contributed by atoms with Gasteiger partial charge in [-0.1, -0.05) is 11.8 Å². The SMILES string of the molecule is CC1COCCN1C(=O)c1cc(C#CCCO)ccc1F. The molecular weight excluding hydrogens is 273 g/mol. The molecule has 1 heterocycles. The van der Waals surface area contributed by atoms with Crippen molar-refractivity contribution < 1.29 is 19.0 Å². The Labute approximate surface area is 123 Å². The Balaban J connectivity index is 2.24. The van der Waals surface area contributed by atoms with Gasteiger partial charge in [-0.05, 0) is 25.1 Å². The molecule has 1 aliphatic rings. The van der Waals surface area contributed by atoms with Crippen LogP contribution in [-0.4, -0.2) is 48.3 Å². The van der Waals surface area contributed by atoms with Gasteiger partial charge in [-0.2, -0.15) is 0 Å². The lowest BCUT2D eigenvalue weighted by Crippen LogP contribution is -2.47. The number of carbonyl (C=O) groups is 1. The molecule has 1 aromatic carbocycles. The summed E-state index contributed by atoms with van der Waals surface area (Å²) in [4.78, 5) is 14.1. The van der Waals surface area contributed by atoms with Crippen LogP contribution < -0.4 is 0 Å². The number of aliphatic hydroxyl groups is 1. The standard InChI is InChI=1S/C16H18FNO3/c1-12-11-21-9-7-18(12)16(20)14-10-13(4-2-3-8-19)5-6-15(14)17/h5-6,10,12,19H,3,7-9,11H2,1H3. The third kappa shape index (κ3) is 3.81. The number of morpholine rings is 1. The summed E-state index contributed by atoms with van der Waals surface area (Å²) >= 11 is 0. The molecule has 0 saturated carbocycles. The molecule has 1 atom stereocenters. The lowest BCUT2D eigenvalue weighted by molar-refractivity contribution is 0.00335. The van der Waals surface area contributed by atoms with Gasteiger partial charge in [0.2, 0.25) is 0 Å². The molecule has 1 amide bonds. The average Bonchev–Trinajstić information content (AvgIpc) is 2.49. The molecule has 5 heteroatoms. The number of hydrogen-bond donors (Lipinski definition) is 1. The van der Waals surface area contributed by atoms with E-state index in [0.29, 0.717) is 31.7 Å². The summed E-state index contributed by atoms with van der Waals surface area (Å²) < 4.78 is 19.2.